The van der Waals surface area contributed by atoms with E-state index in [4.69, 9.17) is 32.9 Å². The first-order chi connectivity index (χ1) is 14.6. The minimum Gasteiger partial charge on any atom is -0.497 e. The lowest BCUT2D eigenvalue weighted by molar-refractivity contribution is 0.0998. The van der Waals surface area contributed by atoms with E-state index >= 15 is 0 Å². The molecule has 3 aromatic carbocycles. The van der Waals surface area contributed by atoms with Crippen LogP contribution in [0.15, 0.2) is 66.7 Å². The molecule has 30 heavy (non-hydrogen) atoms. The van der Waals surface area contributed by atoms with Crippen molar-refractivity contribution in [2.45, 2.75) is 6.54 Å². The van der Waals surface area contributed by atoms with E-state index in [2.05, 4.69) is 0 Å². The highest BCUT2D eigenvalue weighted by atomic mass is 35.5. The fraction of sp³-hybridized carbons (Fsp3) is 0.0833. The van der Waals surface area contributed by atoms with Crippen molar-refractivity contribution in [2.75, 3.05) is 12.0 Å². The van der Waals surface area contributed by atoms with Crippen LogP contribution in [-0.4, -0.2) is 18.0 Å². The maximum atomic E-state index is 13.6. The van der Waals surface area contributed by atoms with E-state index < -0.39 is 0 Å². The molecule has 0 spiro atoms. The summed E-state index contributed by atoms with van der Waals surface area (Å²) in [6.07, 6.45) is 0. The first-order valence-electron chi connectivity index (χ1n) is 9.40. The van der Waals surface area contributed by atoms with E-state index in [9.17, 15) is 4.79 Å². The number of benzene rings is 3. The highest BCUT2D eigenvalue weighted by Crippen LogP contribution is 2.41. The molecule has 1 aliphatic rings. The molecular formula is C24H16Cl2N2O2. The number of hydrogen-bond donors (Lipinski definition) is 0. The molecule has 6 heteroatoms. The van der Waals surface area contributed by atoms with E-state index in [1.807, 2.05) is 54.6 Å². The van der Waals surface area contributed by atoms with Crippen LogP contribution in [-0.2, 0) is 6.54 Å². The largest absolute Gasteiger partial charge is 0.497 e. The normalized spacial score (nSPS) is 13.0. The maximum absolute atomic E-state index is 13.6. The van der Waals surface area contributed by atoms with Crippen LogP contribution in [0.4, 0.5) is 5.69 Å². The fourth-order valence-electron chi connectivity index (χ4n) is 3.91. The Morgan fingerprint density at radius 2 is 1.73 bits per heavy atom. The molecule has 0 unspecified atom stereocenters. The van der Waals surface area contributed by atoms with Gasteiger partial charge in [0.15, 0.2) is 0 Å². The minimum atomic E-state index is -0.107. The number of carbonyl (C=O) groups is 1. The summed E-state index contributed by atoms with van der Waals surface area (Å²) in [5.74, 6) is 0.627. The molecular weight excluding hydrogens is 419 g/mol. The molecule has 0 N–H and O–H groups in total. The van der Waals surface area contributed by atoms with Gasteiger partial charge in [0.2, 0.25) is 0 Å². The lowest BCUT2D eigenvalue weighted by Crippen LogP contribution is -2.23. The van der Waals surface area contributed by atoms with Gasteiger partial charge in [0.25, 0.3) is 5.91 Å². The van der Waals surface area contributed by atoms with Crippen molar-refractivity contribution in [1.82, 2.24) is 4.98 Å². The van der Waals surface area contributed by atoms with Crippen LogP contribution in [0.1, 0.15) is 15.9 Å². The molecule has 1 aliphatic heterocycles. The van der Waals surface area contributed by atoms with Gasteiger partial charge in [0.1, 0.15) is 5.75 Å². The van der Waals surface area contributed by atoms with Crippen LogP contribution in [0.25, 0.3) is 22.2 Å². The number of carbonyl (C=O) groups excluding carboxylic acids is 1. The molecule has 1 aromatic heterocycles. The van der Waals surface area contributed by atoms with Crippen molar-refractivity contribution < 1.29 is 9.53 Å². The van der Waals surface area contributed by atoms with E-state index in [1.54, 1.807) is 24.1 Å². The summed E-state index contributed by atoms with van der Waals surface area (Å²) < 4.78 is 5.24. The zero-order chi connectivity index (χ0) is 20.8. The number of pyridine rings is 1. The molecule has 2 heterocycles. The van der Waals surface area contributed by atoms with Gasteiger partial charge in [-0.2, -0.15) is 0 Å². The number of halogens is 2. The third-order valence-electron chi connectivity index (χ3n) is 5.31. The molecule has 0 atom stereocenters. The average molecular weight is 435 g/mol. The number of anilines is 1. The second-order valence-electron chi connectivity index (χ2n) is 7.05. The van der Waals surface area contributed by atoms with Gasteiger partial charge in [-0.05, 0) is 36.4 Å². The van der Waals surface area contributed by atoms with Crippen LogP contribution in [0, 0.1) is 0 Å². The Hall–Kier alpha value is -3.08. The van der Waals surface area contributed by atoms with Gasteiger partial charge in [-0.25, -0.2) is 4.98 Å². The van der Waals surface area contributed by atoms with Crippen molar-refractivity contribution in [2.24, 2.45) is 0 Å². The van der Waals surface area contributed by atoms with Crippen molar-refractivity contribution in [1.29, 1.82) is 0 Å². The molecule has 4 aromatic rings. The van der Waals surface area contributed by atoms with Gasteiger partial charge in [-0.15, -0.1) is 0 Å². The molecule has 0 radical (unpaired) electrons. The molecule has 0 saturated heterocycles. The summed E-state index contributed by atoms with van der Waals surface area (Å²) in [6.45, 7) is 0.409. The van der Waals surface area contributed by atoms with Crippen LogP contribution in [0.3, 0.4) is 0 Å². The first kappa shape index (κ1) is 18.9. The van der Waals surface area contributed by atoms with Gasteiger partial charge < -0.3 is 9.64 Å². The van der Waals surface area contributed by atoms with Crippen molar-refractivity contribution in [3.8, 4) is 17.0 Å². The van der Waals surface area contributed by atoms with Gasteiger partial charge in [0.05, 0.1) is 35.5 Å². The van der Waals surface area contributed by atoms with E-state index in [-0.39, 0.29) is 5.91 Å². The lowest BCUT2D eigenvalue weighted by atomic mass is 9.98. The van der Waals surface area contributed by atoms with Crippen LogP contribution in [0.5, 0.6) is 5.75 Å². The number of ether oxygens (including phenoxy) is 1. The second kappa shape index (κ2) is 7.31. The number of amides is 1. The van der Waals surface area contributed by atoms with Crippen molar-refractivity contribution in [3.63, 3.8) is 0 Å². The van der Waals surface area contributed by atoms with Crippen LogP contribution >= 0.6 is 23.2 Å². The summed E-state index contributed by atoms with van der Waals surface area (Å²) >= 11 is 12.8. The van der Waals surface area contributed by atoms with Crippen LogP contribution in [0.2, 0.25) is 10.0 Å². The quantitative estimate of drug-likeness (QED) is 0.375. The monoisotopic (exact) mass is 434 g/mol. The Morgan fingerprint density at radius 3 is 2.43 bits per heavy atom. The Bertz CT molecular complexity index is 1290. The topological polar surface area (TPSA) is 42.4 Å². The molecule has 1 amide bonds. The summed E-state index contributed by atoms with van der Waals surface area (Å²) in [6, 6.07) is 20.7. The first-order valence-corrected chi connectivity index (χ1v) is 10.2. The van der Waals surface area contributed by atoms with Gasteiger partial charge >= 0.3 is 0 Å². The van der Waals surface area contributed by atoms with Crippen LogP contribution < -0.4 is 9.64 Å². The number of rotatable bonds is 3. The Morgan fingerprint density at radius 1 is 1.00 bits per heavy atom. The minimum absolute atomic E-state index is 0.107. The standard InChI is InChI=1S/C24H16Cl2N2O2/c1-30-17-9-7-16(8-10-17)28-13-18-21(24(28)29)22-19(26)11-15(25)12-20(22)27-23(18)14-5-3-2-4-6-14/h2-12H,13H2,1H3. The maximum Gasteiger partial charge on any atom is 0.259 e. The number of aromatic nitrogens is 1. The van der Waals surface area contributed by atoms with Gasteiger partial charge in [-0.1, -0.05) is 53.5 Å². The molecule has 5 rings (SSSR count). The summed E-state index contributed by atoms with van der Waals surface area (Å²) in [4.78, 5) is 20.2. The number of methoxy groups -OCH3 is 1. The van der Waals surface area contributed by atoms with Gasteiger partial charge in [-0.3, -0.25) is 4.79 Å². The number of fused-ring (bicyclic) bond motifs is 3. The van der Waals surface area contributed by atoms with E-state index in [1.165, 1.54) is 0 Å². The SMILES string of the molecule is COc1ccc(N2Cc3c(-c4ccccc4)nc4cc(Cl)cc(Cl)c4c3C2=O)cc1. The smallest absolute Gasteiger partial charge is 0.259 e. The zero-order valence-corrected chi connectivity index (χ0v) is 17.5. The van der Waals surface area contributed by atoms with E-state index in [0.717, 1.165) is 28.3 Å². The predicted molar refractivity (Wildman–Crippen MR) is 121 cm³/mol. The van der Waals surface area contributed by atoms with E-state index in [0.29, 0.717) is 33.1 Å². The Kier molecular flexibility index (Phi) is 4.61. The zero-order valence-electron chi connectivity index (χ0n) is 16.0. The Balaban J connectivity index is 1.75. The molecule has 0 bridgehead atoms. The molecule has 4 nitrogen and oxygen atoms in total. The summed E-state index contributed by atoms with van der Waals surface area (Å²) in [7, 11) is 1.61. The summed E-state index contributed by atoms with van der Waals surface area (Å²) in [5.41, 5.74) is 4.54. The fourth-order valence-corrected chi connectivity index (χ4v) is 4.49. The molecule has 0 fully saturated rings. The molecule has 0 aliphatic carbocycles. The predicted octanol–water partition coefficient (Wildman–Crippen LogP) is 6.38. The van der Waals surface area contributed by atoms with Crippen molar-refractivity contribution >= 4 is 45.7 Å². The van der Waals surface area contributed by atoms with Crippen molar-refractivity contribution in [3.05, 3.63) is 87.9 Å². The summed E-state index contributed by atoms with van der Waals surface area (Å²) in [5, 5.41) is 1.54. The second-order valence-corrected chi connectivity index (χ2v) is 7.89. The average Bonchev–Trinajstić information content (AvgIpc) is 3.10. The number of nitrogens with zero attached hydrogens (tertiary/aromatic N) is 2. The Labute approximate surface area is 183 Å². The molecule has 0 saturated carbocycles. The third-order valence-corrected chi connectivity index (χ3v) is 5.83. The van der Waals surface area contributed by atoms with Gasteiger partial charge in [0, 0.05) is 27.2 Å². The number of hydrogen-bond acceptors (Lipinski definition) is 3. The highest BCUT2D eigenvalue weighted by Gasteiger charge is 2.34. The third kappa shape index (κ3) is 3.00. The molecule has 148 valence electrons. The lowest BCUT2D eigenvalue weighted by Gasteiger charge is -2.16. The highest BCUT2D eigenvalue weighted by molar-refractivity contribution is 6.40.